The Morgan fingerprint density at radius 3 is 2.62 bits per heavy atom. The van der Waals surface area contributed by atoms with Gasteiger partial charge >= 0.3 is 0 Å². The largest absolute Gasteiger partial charge is 0.359 e. The van der Waals surface area contributed by atoms with Gasteiger partial charge in [-0.15, -0.1) is 0 Å². The molecule has 2 saturated heterocycles. The first kappa shape index (κ1) is 19.6. The number of rotatable bonds is 6. The average Bonchev–Trinajstić information content (AvgIpc) is 3.28. The number of nitrogens with zero attached hydrogens (tertiary/aromatic N) is 4. The monoisotopic (exact) mass is 395 g/mol. The molecular formula is C22H29N5O2. The van der Waals surface area contributed by atoms with Gasteiger partial charge in [0.2, 0.25) is 11.8 Å². The van der Waals surface area contributed by atoms with Crippen molar-refractivity contribution in [1.29, 1.82) is 0 Å². The molecule has 1 atom stereocenters. The van der Waals surface area contributed by atoms with Gasteiger partial charge in [-0.25, -0.2) is 0 Å². The highest BCUT2D eigenvalue weighted by Crippen LogP contribution is 2.44. The van der Waals surface area contributed by atoms with Gasteiger partial charge in [-0.2, -0.15) is 5.10 Å². The van der Waals surface area contributed by atoms with Gasteiger partial charge in [0.05, 0.1) is 12.1 Å². The first-order valence-electron chi connectivity index (χ1n) is 10.2. The Balaban J connectivity index is 1.37. The minimum Gasteiger partial charge on any atom is -0.359 e. The number of carbonyl (C=O) groups excluding carboxylic acids is 2. The van der Waals surface area contributed by atoms with E-state index in [-0.39, 0.29) is 23.1 Å². The van der Waals surface area contributed by atoms with Crippen LogP contribution in [0.25, 0.3) is 0 Å². The zero-order valence-electron chi connectivity index (χ0n) is 17.2. The molecule has 1 aromatic heterocycles. The number of hydrogen-bond acceptors (Lipinski definition) is 4. The van der Waals surface area contributed by atoms with E-state index in [1.807, 2.05) is 40.9 Å². The second kappa shape index (κ2) is 7.99. The zero-order valence-corrected chi connectivity index (χ0v) is 17.2. The van der Waals surface area contributed by atoms with Crippen molar-refractivity contribution in [2.75, 3.05) is 33.2 Å². The lowest BCUT2D eigenvalue weighted by molar-refractivity contribution is -0.149. The fraction of sp³-hybridized carbons (Fsp3) is 0.500. The van der Waals surface area contributed by atoms with Crippen molar-refractivity contribution in [3.8, 4) is 0 Å². The molecule has 0 bridgehead atoms. The normalized spacial score (nSPS) is 20.6. The van der Waals surface area contributed by atoms with Gasteiger partial charge in [0, 0.05) is 64.3 Å². The highest BCUT2D eigenvalue weighted by Gasteiger charge is 2.57. The minimum atomic E-state index is -0.132. The molecule has 3 heterocycles. The van der Waals surface area contributed by atoms with E-state index in [0.717, 1.165) is 25.2 Å². The van der Waals surface area contributed by atoms with Crippen molar-refractivity contribution in [1.82, 2.24) is 24.9 Å². The third kappa shape index (κ3) is 4.05. The maximum atomic E-state index is 12.6. The van der Waals surface area contributed by atoms with Gasteiger partial charge in [-0.3, -0.25) is 19.2 Å². The molecule has 4 rings (SSSR count). The maximum Gasteiger partial charge on any atom is 0.224 e. The Morgan fingerprint density at radius 2 is 1.97 bits per heavy atom. The van der Waals surface area contributed by atoms with E-state index in [1.54, 1.807) is 13.2 Å². The van der Waals surface area contributed by atoms with Crippen LogP contribution in [-0.4, -0.2) is 64.6 Å². The molecule has 154 valence electrons. The summed E-state index contributed by atoms with van der Waals surface area (Å²) in [5.41, 5.74) is 2.22. The third-order valence-electron chi connectivity index (χ3n) is 6.21. The molecule has 0 aliphatic carbocycles. The summed E-state index contributed by atoms with van der Waals surface area (Å²) in [7, 11) is 1.70. The molecule has 29 heavy (non-hydrogen) atoms. The van der Waals surface area contributed by atoms with Crippen molar-refractivity contribution in [2.24, 2.45) is 11.3 Å². The second-order valence-electron chi connectivity index (χ2n) is 8.46. The molecule has 2 aliphatic heterocycles. The SMILES string of the molecule is CNC(=O)C1CN(Cc2ccccc2)CC12CN(C(=O)CCn1cc(C)cn1)C2. The van der Waals surface area contributed by atoms with Gasteiger partial charge in [0.25, 0.3) is 0 Å². The van der Waals surface area contributed by atoms with E-state index >= 15 is 0 Å². The molecular weight excluding hydrogens is 366 g/mol. The fourth-order valence-corrected chi connectivity index (χ4v) is 4.74. The zero-order chi connectivity index (χ0) is 20.4. The van der Waals surface area contributed by atoms with E-state index in [1.165, 1.54) is 5.56 Å². The van der Waals surface area contributed by atoms with Crippen LogP contribution in [-0.2, 0) is 22.7 Å². The maximum absolute atomic E-state index is 12.6. The Hall–Kier alpha value is -2.67. The number of hydrogen-bond donors (Lipinski definition) is 1. The molecule has 1 spiro atoms. The van der Waals surface area contributed by atoms with Crippen molar-refractivity contribution in [3.05, 3.63) is 53.9 Å². The molecule has 2 fully saturated rings. The van der Waals surface area contributed by atoms with E-state index in [4.69, 9.17) is 0 Å². The van der Waals surface area contributed by atoms with Crippen LogP contribution < -0.4 is 5.32 Å². The summed E-state index contributed by atoms with van der Waals surface area (Å²) in [5, 5.41) is 7.07. The summed E-state index contributed by atoms with van der Waals surface area (Å²) in [6.45, 7) is 6.33. The topological polar surface area (TPSA) is 70.5 Å². The lowest BCUT2D eigenvalue weighted by Crippen LogP contribution is -2.64. The summed E-state index contributed by atoms with van der Waals surface area (Å²) in [4.78, 5) is 29.4. The number of benzene rings is 1. The van der Waals surface area contributed by atoms with Gasteiger partial charge in [0.1, 0.15) is 0 Å². The number of aryl methyl sites for hydroxylation is 2. The minimum absolute atomic E-state index is 0.0750. The van der Waals surface area contributed by atoms with Crippen LogP contribution in [0.1, 0.15) is 17.5 Å². The second-order valence-corrected chi connectivity index (χ2v) is 8.46. The molecule has 0 saturated carbocycles. The predicted octanol–water partition coefficient (Wildman–Crippen LogP) is 1.29. The van der Waals surface area contributed by atoms with E-state index in [2.05, 4.69) is 27.4 Å². The molecule has 2 aliphatic rings. The number of likely N-dealkylation sites (tertiary alicyclic amines) is 2. The Bertz CT molecular complexity index is 872. The van der Waals surface area contributed by atoms with Crippen LogP contribution in [0, 0.1) is 18.3 Å². The highest BCUT2D eigenvalue weighted by molar-refractivity contribution is 5.82. The molecule has 7 heteroatoms. The van der Waals surface area contributed by atoms with Crippen LogP contribution in [0.5, 0.6) is 0 Å². The highest BCUT2D eigenvalue weighted by atomic mass is 16.2. The van der Waals surface area contributed by atoms with E-state index < -0.39 is 0 Å². The number of carbonyl (C=O) groups is 2. The number of amides is 2. The first-order valence-corrected chi connectivity index (χ1v) is 10.2. The molecule has 1 aromatic carbocycles. The Labute approximate surface area is 171 Å². The van der Waals surface area contributed by atoms with Crippen molar-refractivity contribution in [2.45, 2.75) is 26.4 Å². The van der Waals surface area contributed by atoms with Crippen molar-refractivity contribution in [3.63, 3.8) is 0 Å². The predicted molar refractivity (Wildman–Crippen MR) is 110 cm³/mol. The fourth-order valence-electron chi connectivity index (χ4n) is 4.74. The van der Waals surface area contributed by atoms with Crippen LogP contribution >= 0.6 is 0 Å². The average molecular weight is 396 g/mol. The number of aromatic nitrogens is 2. The van der Waals surface area contributed by atoms with E-state index in [0.29, 0.717) is 26.1 Å². The first-order chi connectivity index (χ1) is 14.0. The van der Waals surface area contributed by atoms with Gasteiger partial charge in [0.15, 0.2) is 0 Å². The van der Waals surface area contributed by atoms with Crippen LogP contribution in [0.15, 0.2) is 42.7 Å². The van der Waals surface area contributed by atoms with Crippen LogP contribution in [0.3, 0.4) is 0 Å². The van der Waals surface area contributed by atoms with Crippen molar-refractivity contribution >= 4 is 11.8 Å². The molecule has 1 N–H and O–H groups in total. The molecule has 1 unspecified atom stereocenters. The molecule has 2 amide bonds. The molecule has 2 aromatic rings. The van der Waals surface area contributed by atoms with E-state index in [9.17, 15) is 9.59 Å². The van der Waals surface area contributed by atoms with Crippen molar-refractivity contribution < 1.29 is 9.59 Å². The summed E-state index contributed by atoms with van der Waals surface area (Å²) >= 11 is 0. The lowest BCUT2D eigenvalue weighted by atomic mass is 9.71. The Kier molecular flexibility index (Phi) is 5.41. The summed E-state index contributed by atoms with van der Waals surface area (Å²) in [6.07, 6.45) is 4.19. The molecule has 0 radical (unpaired) electrons. The summed E-state index contributed by atoms with van der Waals surface area (Å²) in [5.74, 6) is 0.148. The number of nitrogens with one attached hydrogen (secondary N) is 1. The quantitative estimate of drug-likeness (QED) is 0.800. The lowest BCUT2D eigenvalue weighted by Gasteiger charge is -2.50. The van der Waals surface area contributed by atoms with Gasteiger partial charge in [-0.05, 0) is 18.1 Å². The van der Waals surface area contributed by atoms with Gasteiger partial charge < -0.3 is 10.2 Å². The summed E-state index contributed by atoms with van der Waals surface area (Å²) in [6, 6.07) is 10.3. The summed E-state index contributed by atoms with van der Waals surface area (Å²) < 4.78 is 1.81. The standard InChI is InChI=1S/C22H29N5O2/c1-17-10-24-27(11-17)9-8-20(28)26-15-22(16-26)14-25(13-19(22)21(29)23-2)12-18-6-4-3-5-7-18/h3-7,10-11,19H,8-9,12-16H2,1-2H3,(H,23,29). The smallest absolute Gasteiger partial charge is 0.224 e. The van der Waals surface area contributed by atoms with Crippen LogP contribution in [0.4, 0.5) is 0 Å². The van der Waals surface area contributed by atoms with Crippen LogP contribution in [0.2, 0.25) is 0 Å². The third-order valence-corrected chi connectivity index (χ3v) is 6.21. The Morgan fingerprint density at radius 1 is 1.21 bits per heavy atom. The molecule has 7 nitrogen and oxygen atoms in total. The van der Waals surface area contributed by atoms with Gasteiger partial charge in [-0.1, -0.05) is 30.3 Å².